The van der Waals surface area contributed by atoms with E-state index in [1.165, 1.54) is 10.2 Å². The van der Waals surface area contributed by atoms with Crippen LogP contribution >= 0.6 is 15.9 Å². The Morgan fingerprint density at radius 3 is 2.73 bits per heavy atom. The Morgan fingerprint density at radius 1 is 1.60 bits per heavy atom. The molecule has 0 radical (unpaired) electrons. The zero-order valence-corrected chi connectivity index (χ0v) is 14.3. The fourth-order valence-electron chi connectivity index (χ4n) is 0.907. The molecule has 0 spiro atoms. The summed E-state index contributed by atoms with van der Waals surface area (Å²) in [5.74, 6) is 0. The predicted molar refractivity (Wildman–Crippen MR) is 70.7 cm³/mol. The van der Waals surface area contributed by atoms with E-state index in [0.29, 0.717) is 11.5 Å². The van der Waals surface area contributed by atoms with Gasteiger partial charge >= 0.3 is 0 Å². The molecule has 1 aromatic heterocycles. The van der Waals surface area contributed by atoms with Gasteiger partial charge in [0, 0.05) is 24.9 Å². The van der Waals surface area contributed by atoms with Crippen molar-refractivity contribution in [2.75, 3.05) is 6.61 Å². The summed E-state index contributed by atoms with van der Waals surface area (Å²) in [5.41, 5.74) is 0. The second-order valence-corrected chi connectivity index (χ2v) is 13.8. The largest absolute Gasteiger partial charge is 0.360 e. The zero-order valence-electron chi connectivity index (χ0n) is 9.70. The molecule has 1 unspecified atom stereocenters. The molecule has 0 aliphatic rings. The van der Waals surface area contributed by atoms with Gasteiger partial charge in [-0.25, -0.2) is 9.67 Å². The molecule has 0 saturated heterocycles. The minimum atomic E-state index is -1.01. The Labute approximate surface area is 103 Å². The summed E-state index contributed by atoms with van der Waals surface area (Å²) >= 11 is 3.20. The Hall–Kier alpha value is 0.0138. The smallest absolute Gasteiger partial charge is 0.217 e. The van der Waals surface area contributed by atoms with Gasteiger partial charge < -0.3 is 4.74 Å². The number of rotatable bonds is 5. The van der Waals surface area contributed by atoms with Crippen molar-refractivity contribution in [1.82, 2.24) is 14.8 Å². The highest BCUT2D eigenvalue weighted by Crippen LogP contribution is 2.17. The van der Waals surface area contributed by atoms with Gasteiger partial charge in [-0.2, -0.15) is 0 Å². The highest BCUT2D eigenvalue weighted by atomic mass is 79.9. The second kappa shape index (κ2) is 5.37. The maximum absolute atomic E-state index is 5.63. The first-order chi connectivity index (χ1) is 6.89. The molecule has 1 aromatic rings. The number of aromatic nitrogens is 3. The van der Waals surface area contributed by atoms with Crippen LogP contribution in [-0.4, -0.2) is 39.7 Å². The SMILES string of the molecule is C[Si](C)(C)C([SiH3])COCn1cnc(Br)n1. The molecule has 0 bridgehead atoms. The van der Waals surface area contributed by atoms with E-state index in [-0.39, 0.29) is 0 Å². The summed E-state index contributed by atoms with van der Waals surface area (Å²) in [4.78, 5) is 3.97. The Kier molecular flexibility index (Phi) is 4.69. The maximum atomic E-state index is 5.63. The lowest BCUT2D eigenvalue weighted by Gasteiger charge is -2.24. The maximum Gasteiger partial charge on any atom is 0.217 e. The summed E-state index contributed by atoms with van der Waals surface area (Å²) in [6.07, 6.45) is 1.67. The summed E-state index contributed by atoms with van der Waals surface area (Å²) < 4.78 is 7.94. The van der Waals surface area contributed by atoms with Crippen molar-refractivity contribution in [1.29, 1.82) is 0 Å². The van der Waals surface area contributed by atoms with E-state index >= 15 is 0 Å². The molecule has 0 N–H and O–H groups in total. The molecule has 0 saturated carbocycles. The number of nitrogens with zero attached hydrogens (tertiary/aromatic N) is 3. The normalized spacial score (nSPS) is 14.4. The van der Waals surface area contributed by atoms with E-state index in [1.807, 2.05) is 0 Å². The lowest BCUT2D eigenvalue weighted by atomic mass is 10.8. The van der Waals surface area contributed by atoms with E-state index in [9.17, 15) is 0 Å². The average Bonchev–Trinajstić information content (AvgIpc) is 2.49. The van der Waals surface area contributed by atoms with Crippen LogP contribution < -0.4 is 0 Å². The van der Waals surface area contributed by atoms with Crippen LogP contribution in [0.2, 0.25) is 24.8 Å². The first kappa shape index (κ1) is 13.1. The van der Waals surface area contributed by atoms with Crippen LogP contribution in [0.15, 0.2) is 11.1 Å². The standard InChI is InChI=1S/C8H18BrN3OSi2/c1-15(2,3)7(14)4-13-6-12-5-10-8(9)11-12/h5,7H,4,6H2,1-3,14H3. The van der Waals surface area contributed by atoms with Gasteiger partial charge in [0.25, 0.3) is 0 Å². The molecule has 4 nitrogen and oxygen atoms in total. The van der Waals surface area contributed by atoms with Gasteiger partial charge in [-0.3, -0.25) is 0 Å². The van der Waals surface area contributed by atoms with Crippen molar-refractivity contribution in [2.45, 2.75) is 31.5 Å². The summed E-state index contributed by atoms with van der Waals surface area (Å²) in [5, 5.41) is 4.89. The van der Waals surface area contributed by atoms with E-state index in [1.54, 1.807) is 11.0 Å². The van der Waals surface area contributed by atoms with Gasteiger partial charge in [0.1, 0.15) is 13.1 Å². The number of ether oxygens (including phenoxy) is 1. The highest BCUT2D eigenvalue weighted by molar-refractivity contribution is 9.10. The van der Waals surface area contributed by atoms with Crippen LogP contribution in [0.25, 0.3) is 0 Å². The van der Waals surface area contributed by atoms with Crippen LogP contribution in [0.3, 0.4) is 0 Å². The van der Waals surface area contributed by atoms with Crippen LogP contribution in [-0.2, 0) is 11.5 Å². The molecule has 0 aromatic carbocycles. The number of halogens is 1. The van der Waals surface area contributed by atoms with Gasteiger partial charge in [-0.05, 0) is 21.1 Å². The summed E-state index contributed by atoms with van der Waals surface area (Å²) in [6, 6.07) is 0. The third-order valence-corrected chi connectivity index (χ3v) is 11.6. The molecule has 15 heavy (non-hydrogen) atoms. The molecule has 1 heterocycles. The monoisotopic (exact) mass is 307 g/mol. The lowest BCUT2D eigenvalue weighted by molar-refractivity contribution is 0.0743. The first-order valence-corrected chi connectivity index (χ1v) is 10.5. The number of hydrogen-bond acceptors (Lipinski definition) is 3. The van der Waals surface area contributed by atoms with Crippen molar-refractivity contribution in [2.24, 2.45) is 0 Å². The minimum Gasteiger partial charge on any atom is -0.360 e. The van der Waals surface area contributed by atoms with Crippen molar-refractivity contribution in [3.63, 3.8) is 0 Å². The first-order valence-electron chi connectivity index (χ1n) is 5.02. The third kappa shape index (κ3) is 4.58. The molecule has 0 fully saturated rings. The quantitative estimate of drug-likeness (QED) is 0.763. The van der Waals surface area contributed by atoms with Crippen LogP contribution in [0, 0.1) is 0 Å². The molecular formula is C8H18BrN3OSi2. The van der Waals surface area contributed by atoms with Crippen molar-refractivity contribution < 1.29 is 4.74 Å². The molecule has 7 heteroatoms. The van der Waals surface area contributed by atoms with Gasteiger partial charge in [0.05, 0.1) is 0 Å². The highest BCUT2D eigenvalue weighted by Gasteiger charge is 2.22. The Morgan fingerprint density at radius 2 is 2.27 bits per heavy atom. The van der Waals surface area contributed by atoms with Gasteiger partial charge in [-0.1, -0.05) is 19.6 Å². The van der Waals surface area contributed by atoms with Crippen LogP contribution in [0.1, 0.15) is 0 Å². The van der Waals surface area contributed by atoms with Crippen molar-refractivity contribution in [3.05, 3.63) is 11.1 Å². The summed E-state index contributed by atoms with van der Waals surface area (Å²) in [6.45, 7) is 8.53. The second-order valence-electron chi connectivity index (χ2n) is 4.82. The van der Waals surface area contributed by atoms with Crippen LogP contribution in [0.5, 0.6) is 0 Å². The number of hydrogen-bond donors (Lipinski definition) is 0. The van der Waals surface area contributed by atoms with Crippen molar-refractivity contribution >= 4 is 34.2 Å². The molecule has 1 rings (SSSR count). The Bertz CT molecular complexity index is 313. The fraction of sp³-hybridized carbons (Fsp3) is 0.750. The molecule has 0 aliphatic heterocycles. The van der Waals surface area contributed by atoms with Crippen LogP contribution in [0.4, 0.5) is 0 Å². The predicted octanol–water partition coefficient (Wildman–Crippen LogP) is 1.05. The molecule has 0 amide bonds. The fourth-order valence-corrected chi connectivity index (χ4v) is 2.06. The zero-order chi connectivity index (χ0) is 11.5. The van der Waals surface area contributed by atoms with Gasteiger partial charge in [0.15, 0.2) is 0 Å². The van der Waals surface area contributed by atoms with E-state index in [0.717, 1.165) is 11.8 Å². The van der Waals surface area contributed by atoms with E-state index in [4.69, 9.17) is 4.74 Å². The van der Waals surface area contributed by atoms with Crippen molar-refractivity contribution in [3.8, 4) is 0 Å². The van der Waals surface area contributed by atoms with E-state index < -0.39 is 8.07 Å². The Balaban J connectivity index is 2.28. The van der Waals surface area contributed by atoms with Gasteiger partial charge in [0.2, 0.25) is 4.73 Å². The van der Waals surface area contributed by atoms with Gasteiger partial charge in [-0.15, -0.1) is 5.10 Å². The van der Waals surface area contributed by atoms with E-state index in [2.05, 4.69) is 45.7 Å². The molecular weight excluding hydrogens is 290 g/mol. The topological polar surface area (TPSA) is 39.9 Å². The summed E-state index contributed by atoms with van der Waals surface area (Å²) in [7, 11) is 0.201. The molecule has 1 atom stereocenters. The third-order valence-electron chi connectivity index (χ3n) is 2.58. The average molecular weight is 308 g/mol. The molecule has 86 valence electrons. The minimum absolute atomic E-state index is 0.502. The lowest BCUT2D eigenvalue weighted by Crippen LogP contribution is -2.31. The molecule has 0 aliphatic carbocycles.